The molecule has 2 heterocycles. The van der Waals surface area contributed by atoms with Crippen molar-refractivity contribution in [2.24, 2.45) is 5.92 Å². The van der Waals surface area contributed by atoms with Crippen LogP contribution in [0.3, 0.4) is 0 Å². The number of pyridine rings is 1. The lowest BCUT2D eigenvalue weighted by atomic mass is 9.95. The molecule has 1 saturated heterocycles. The fourth-order valence-corrected chi connectivity index (χ4v) is 4.51. The van der Waals surface area contributed by atoms with E-state index in [4.69, 9.17) is 4.78 Å². The maximum absolute atomic E-state index is 13.5. The van der Waals surface area contributed by atoms with Crippen molar-refractivity contribution in [2.45, 2.75) is 37.0 Å². The molecule has 0 radical (unpaired) electrons. The second kappa shape index (κ2) is 9.08. The minimum Gasteiger partial charge on any atom is -0.356 e. The third kappa shape index (κ3) is 5.62. The molecule has 1 unspecified atom stereocenters. The maximum Gasteiger partial charge on any atom is 0.418 e. The number of carbonyl (C=O) groups is 1. The largest absolute Gasteiger partial charge is 0.418 e. The highest BCUT2D eigenvalue weighted by Gasteiger charge is 2.42. The van der Waals surface area contributed by atoms with E-state index in [1.807, 2.05) is 0 Å². The van der Waals surface area contributed by atoms with Crippen LogP contribution in [0.2, 0.25) is 0 Å². The van der Waals surface area contributed by atoms with Crippen molar-refractivity contribution in [2.75, 3.05) is 29.6 Å². The first-order chi connectivity index (χ1) is 15.6. The summed E-state index contributed by atoms with van der Waals surface area (Å²) in [7, 11) is -3.12. The number of anilines is 2. The van der Waals surface area contributed by atoms with Gasteiger partial charge in [-0.1, -0.05) is 6.07 Å². The summed E-state index contributed by atoms with van der Waals surface area (Å²) < 4.78 is 99.2. The lowest BCUT2D eigenvalue weighted by molar-refractivity contribution is -0.179. The standard InChI is InChI=1S/C21H22F6N4O2S/c1-12-16(21(25,26)27)11-29-18(31-8-6-13(7-9-31)20(22,23)24)17(12)19(32)30-14-4-3-5-15(10-14)34(2,28)33/h3-5,10-11,13,28H,6-9H2,1-2H3,(H,30,32). The minimum absolute atomic E-state index is 0.0999. The van der Waals surface area contributed by atoms with Crippen LogP contribution in [0.15, 0.2) is 35.4 Å². The summed E-state index contributed by atoms with van der Waals surface area (Å²) >= 11 is 0. The van der Waals surface area contributed by atoms with Gasteiger partial charge >= 0.3 is 12.4 Å². The van der Waals surface area contributed by atoms with Gasteiger partial charge in [-0.25, -0.2) is 14.0 Å². The number of alkyl halides is 6. The molecule has 1 amide bonds. The van der Waals surface area contributed by atoms with E-state index in [0.717, 1.165) is 6.92 Å². The summed E-state index contributed by atoms with van der Waals surface area (Å²) in [4.78, 5) is 18.4. The van der Waals surface area contributed by atoms with Gasteiger partial charge in [0.15, 0.2) is 0 Å². The number of aromatic nitrogens is 1. The van der Waals surface area contributed by atoms with E-state index in [1.54, 1.807) is 0 Å². The number of rotatable bonds is 4. The van der Waals surface area contributed by atoms with Gasteiger partial charge in [0.1, 0.15) is 5.82 Å². The Labute approximate surface area is 192 Å². The van der Waals surface area contributed by atoms with E-state index in [1.165, 1.54) is 35.4 Å². The van der Waals surface area contributed by atoms with Crippen LogP contribution in [0, 0.1) is 17.6 Å². The number of amides is 1. The molecule has 3 rings (SSSR count). The molecule has 1 atom stereocenters. The molecule has 0 saturated carbocycles. The van der Waals surface area contributed by atoms with Gasteiger partial charge in [-0.3, -0.25) is 4.79 Å². The van der Waals surface area contributed by atoms with Crippen molar-refractivity contribution in [3.63, 3.8) is 0 Å². The molecular formula is C21H22F6N4O2S. The van der Waals surface area contributed by atoms with Crippen LogP contribution in [0.5, 0.6) is 0 Å². The van der Waals surface area contributed by atoms with Gasteiger partial charge in [-0.2, -0.15) is 26.3 Å². The van der Waals surface area contributed by atoms with Crippen molar-refractivity contribution in [1.82, 2.24) is 4.98 Å². The first-order valence-electron chi connectivity index (χ1n) is 10.1. The van der Waals surface area contributed by atoms with E-state index in [0.29, 0.717) is 6.20 Å². The fraction of sp³-hybridized carbons (Fsp3) is 0.429. The number of nitrogens with one attached hydrogen (secondary N) is 2. The van der Waals surface area contributed by atoms with Gasteiger partial charge in [0.2, 0.25) is 0 Å². The highest BCUT2D eigenvalue weighted by atomic mass is 32.2. The Hall–Kier alpha value is -2.83. The third-order valence-electron chi connectivity index (χ3n) is 5.65. The average Bonchev–Trinajstić information content (AvgIpc) is 2.71. The molecule has 2 aromatic rings. The first-order valence-corrected chi connectivity index (χ1v) is 12.1. The van der Waals surface area contributed by atoms with Crippen molar-refractivity contribution < 1.29 is 35.3 Å². The van der Waals surface area contributed by atoms with Crippen LogP contribution in [-0.4, -0.2) is 40.6 Å². The smallest absolute Gasteiger partial charge is 0.356 e. The molecule has 1 fully saturated rings. The summed E-state index contributed by atoms with van der Waals surface area (Å²) in [5.74, 6) is -2.62. The average molecular weight is 508 g/mol. The summed E-state index contributed by atoms with van der Waals surface area (Å²) in [5.41, 5.74) is -1.86. The van der Waals surface area contributed by atoms with Gasteiger partial charge in [0.25, 0.3) is 5.91 Å². The highest BCUT2D eigenvalue weighted by molar-refractivity contribution is 7.91. The molecule has 186 valence electrons. The molecule has 1 aromatic heterocycles. The van der Waals surface area contributed by atoms with Crippen molar-refractivity contribution in [1.29, 1.82) is 4.78 Å². The Kier molecular flexibility index (Phi) is 6.89. The number of piperidine rings is 1. The van der Waals surface area contributed by atoms with E-state index < -0.39 is 50.6 Å². The van der Waals surface area contributed by atoms with E-state index in [-0.39, 0.29) is 42.3 Å². The molecule has 13 heteroatoms. The molecular weight excluding hydrogens is 486 g/mol. The molecule has 6 nitrogen and oxygen atoms in total. The zero-order chi connectivity index (χ0) is 25.5. The number of nitrogens with zero attached hydrogens (tertiary/aromatic N) is 2. The second-order valence-corrected chi connectivity index (χ2v) is 10.3. The zero-order valence-electron chi connectivity index (χ0n) is 18.2. The molecule has 1 aliphatic rings. The predicted molar refractivity (Wildman–Crippen MR) is 114 cm³/mol. The molecule has 2 N–H and O–H groups in total. The topological polar surface area (TPSA) is 86.2 Å². The first kappa shape index (κ1) is 25.8. The van der Waals surface area contributed by atoms with Crippen LogP contribution in [-0.2, 0) is 15.9 Å². The molecule has 0 aliphatic carbocycles. The van der Waals surface area contributed by atoms with Crippen LogP contribution >= 0.6 is 0 Å². The Bertz CT molecular complexity index is 1190. The van der Waals surface area contributed by atoms with Crippen LogP contribution in [0.25, 0.3) is 0 Å². The van der Waals surface area contributed by atoms with Gasteiger partial charge in [0.05, 0.1) is 26.8 Å². The highest BCUT2D eigenvalue weighted by Crippen LogP contribution is 2.39. The van der Waals surface area contributed by atoms with Crippen LogP contribution in [0.1, 0.15) is 34.3 Å². The van der Waals surface area contributed by atoms with Gasteiger partial charge in [0, 0.05) is 36.1 Å². The summed E-state index contributed by atoms with van der Waals surface area (Å²) in [6.45, 7) is 0.841. The molecule has 34 heavy (non-hydrogen) atoms. The quantitative estimate of drug-likeness (QED) is 0.536. The van der Waals surface area contributed by atoms with Crippen molar-refractivity contribution in [3.8, 4) is 0 Å². The van der Waals surface area contributed by atoms with Gasteiger partial charge in [-0.15, -0.1) is 0 Å². The lowest BCUT2D eigenvalue weighted by Crippen LogP contribution is -2.40. The fourth-order valence-electron chi connectivity index (χ4n) is 3.82. The number of hydrogen-bond donors (Lipinski definition) is 2. The Morgan fingerprint density at radius 2 is 1.79 bits per heavy atom. The number of hydrogen-bond acceptors (Lipinski definition) is 5. The van der Waals surface area contributed by atoms with Crippen molar-refractivity contribution in [3.05, 3.63) is 47.2 Å². The van der Waals surface area contributed by atoms with Crippen molar-refractivity contribution >= 4 is 27.1 Å². The summed E-state index contributed by atoms with van der Waals surface area (Å²) in [6, 6.07) is 5.54. The summed E-state index contributed by atoms with van der Waals surface area (Å²) in [5, 5.41) is 2.44. The van der Waals surface area contributed by atoms with E-state index >= 15 is 0 Å². The maximum atomic E-state index is 13.5. The monoisotopic (exact) mass is 508 g/mol. The molecule has 0 bridgehead atoms. The molecule has 0 spiro atoms. The van der Waals surface area contributed by atoms with E-state index in [2.05, 4.69) is 10.3 Å². The van der Waals surface area contributed by atoms with Crippen LogP contribution in [0.4, 0.5) is 37.8 Å². The number of carbonyl (C=O) groups excluding carboxylic acids is 1. The number of halogens is 6. The van der Waals surface area contributed by atoms with Gasteiger partial charge in [-0.05, 0) is 43.5 Å². The predicted octanol–water partition coefficient (Wildman–Crippen LogP) is 5.48. The molecule has 1 aliphatic heterocycles. The minimum atomic E-state index is -4.80. The van der Waals surface area contributed by atoms with E-state index in [9.17, 15) is 35.3 Å². The zero-order valence-corrected chi connectivity index (χ0v) is 19.0. The van der Waals surface area contributed by atoms with Crippen LogP contribution < -0.4 is 10.2 Å². The van der Waals surface area contributed by atoms with Gasteiger partial charge < -0.3 is 10.2 Å². The molecule has 1 aromatic carbocycles. The Balaban J connectivity index is 2.00. The SMILES string of the molecule is Cc1c(C(F)(F)F)cnc(N2CCC(C(F)(F)F)CC2)c1C(=O)Nc1cccc(S(C)(=N)=O)c1. The lowest BCUT2D eigenvalue weighted by Gasteiger charge is -2.35. The third-order valence-corrected chi connectivity index (χ3v) is 6.80. The second-order valence-electron chi connectivity index (χ2n) is 8.12. The number of benzene rings is 1. The Morgan fingerprint density at radius 1 is 1.18 bits per heavy atom. The summed E-state index contributed by atoms with van der Waals surface area (Å²) in [6.07, 6.45) is -7.98. The normalized spacial score (nSPS) is 17.4. The Morgan fingerprint density at radius 3 is 2.32 bits per heavy atom.